The van der Waals surface area contributed by atoms with E-state index in [4.69, 9.17) is 0 Å². The van der Waals surface area contributed by atoms with Crippen LogP contribution in [0.4, 0.5) is 0 Å². The fourth-order valence-corrected chi connectivity index (χ4v) is 3.73. The van der Waals surface area contributed by atoms with E-state index in [1.807, 2.05) is 0 Å². The summed E-state index contributed by atoms with van der Waals surface area (Å²) in [6.45, 7) is 9.06. The van der Waals surface area contributed by atoms with Crippen LogP contribution >= 0.6 is 11.3 Å². The third-order valence-corrected chi connectivity index (χ3v) is 5.17. The summed E-state index contributed by atoms with van der Waals surface area (Å²) >= 11 is 1.74. The molecule has 1 aromatic rings. The van der Waals surface area contributed by atoms with Gasteiger partial charge in [-0.2, -0.15) is 0 Å². The van der Waals surface area contributed by atoms with E-state index >= 15 is 0 Å². The molecular weight excluding hydrogens is 228 g/mol. The molecule has 0 aromatic carbocycles. The maximum absolute atomic E-state index is 10.7. The van der Waals surface area contributed by atoms with Crippen LogP contribution in [-0.4, -0.2) is 5.11 Å². The molecule has 2 rings (SSSR count). The summed E-state index contributed by atoms with van der Waals surface area (Å²) in [6, 6.07) is 2.15. The molecule has 1 nitrogen and oxygen atoms in total. The Morgan fingerprint density at radius 1 is 1.29 bits per heavy atom. The van der Waals surface area contributed by atoms with Crippen molar-refractivity contribution < 1.29 is 5.11 Å². The molecule has 1 fully saturated rings. The number of hydrogen-bond acceptors (Lipinski definition) is 2. The smallest absolute Gasteiger partial charge is 0.0904 e. The van der Waals surface area contributed by atoms with E-state index in [9.17, 15) is 5.11 Å². The first-order chi connectivity index (χ1) is 7.81. The molecule has 1 aromatic heterocycles. The summed E-state index contributed by atoms with van der Waals surface area (Å²) in [6.07, 6.45) is 4.14. The summed E-state index contributed by atoms with van der Waals surface area (Å²) < 4.78 is 0. The lowest BCUT2D eigenvalue weighted by molar-refractivity contribution is -0.0295. The first-order valence-corrected chi connectivity index (χ1v) is 7.47. The fourth-order valence-electron chi connectivity index (χ4n) is 2.94. The van der Waals surface area contributed by atoms with Crippen LogP contribution in [0.3, 0.4) is 0 Å². The predicted octanol–water partition coefficient (Wildman–Crippen LogP) is 4.48. The molecule has 1 saturated carbocycles. The molecule has 0 saturated heterocycles. The first kappa shape index (κ1) is 13.1. The molecule has 96 valence electrons. The second-order valence-corrected chi connectivity index (χ2v) is 7.73. The van der Waals surface area contributed by atoms with Crippen molar-refractivity contribution in [3.05, 3.63) is 21.9 Å². The van der Waals surface area contributed by atoms with Gasteiger partial charge in [-0.1, -0.05) is 20.8 Å². The Morgan fingerprint density at radius 3 is 2.29 bits per heavy atom. The highest BCUT2D eigenvalue weighted by Gasteiger charge is 2.38. The molecule has 0 spiro atoms. The number of hydrogen-bond donors (Lipinski definition) is 1. The van der Waals surface area contributed by atoms with Crippen LogP contribution in [-0.2, 0) is 5.60 Å². The van der Waals surface area contributed by atoms with E-state index in [1.165, 1.54) is 4.88 Å². The Balaban J connectivity index is 2.07. The third-order valence-electron chi connectivity index (χ3n) is 4.31. The van der Waals surface area contributed by atoms with Gasteiger partial charge in [-0.15, -0.1) is 11.3 Å². The molecule has 0 radical (unpaired) electrons. The lowest BCUT2D eigenvalue weighted by Gasteiger charge is -2.41. The lowest BCUT2D eigenvalue weighted by Crippen LogP contribution is -2.35. The standard InChI is InChI=1S/C15H24OS/c1-11-9-13(10-17-11)15(16)7-5-12(6-8-15)14(2,3)4/h9-10,12,16H,5-8H2,1-4H3. The zero-order chi connectivity index (χ0) is 12.7. The van der Waals surface area contributed by atoms with Crippen LogP contribution in [0.1, 0.15) is 56.9 Å². The van der Waals surface area contributed by atoms with E-state index in [2.05, 4.69) is 39.1 Å². The van der Waals surface area contributed by atoms with E-state index in [-0.39, 0.29) is 0 Å². The van der Waals surface area contributed by atoms with Crippen molar-refractivity contribution in [3.8, 4) is 0 Å². The van der Waals surface area contributed by atoms with Gasteiger partial charge >= 0.3 is 0 Å². The molecule has 1 aliphatic carbocycles. The van der Waals surface area contributed by atoms with Crippen LogP contribution in [0.2, 0.25) is 0 Å². The van der Waals surface area contributed by atoms with Crippen LogP contribution < -0.4 is 0 Å². The van der Waals surface area contributed by atoms with Gasteiger partial charge in [-0.25, -0.2) is 0 Å². The van der Waals surface area contributed by atoms with E-state index in [0.717, 1.165) is 37.2 Å². The van der Waals surface area contributed by atoms with Gasteiger partial charge in [-0.05, 0) is 60.9 Å². The van der Waals surface area contributed by atoms with Crippen molar-refractivity contribution in [1.82, 2.24) is 0 Å². The molecule has 1 N–H and O–H groups in total. The highest BCUT2D eigenvalue weighted by Crippen LogP contribution is 2.46. The highest BCUT2D eigenvalue weighted by atomic mass is 32.1. The van der Waals surface area contributed by atoms with Crippen molar-refractivity contribution in [2.45, 2.75) is 59.0 Å². The Morgan fingerprint density at radius 2 is 1.88 bits per heavy atom. The Hall–Kier alpha value is -0.340. The zero-order valence-electron chi connectivity index (χ0n) is 11.4. The van der Waals surface area contributed by atoms with Gasteiger partial charge in [0.2, 0.25) is 0 Å². The number of aryl methyl sites for hydroxylation is 1. The van der Waals surface area contributed by atoms with E-state index < -0.39 is 5.60 Å². The van der Waals surface area contributed by atoms with E-state index in [1.54, 1.807) is 11.3 Å². The normalized spacial score (nSPS) is 30.5. The SMILES string of the molecule is Cc1cc(C2(O)CCC(C(C)(C)C)CC2)cs1. The monoisotopic (exact) mass is 252 g/mol. The van der Waals surface area contributed by atoms with Gasteiger partial charge in [0.1, 0.15) is 0 Å². The minimum Gasteiger partial charge on any atom is -0.385 e. The quantitative estimate of drug-likeness (QED) is 0.781. The van der Waals surface area contributed by atoms with Crippen molar-refractivity contribution in [2.24, 2.45) is 11.3 Å². The maximum atomic E-state index is 10.7. The minimum atomic E-state index is -0.549. The third kappa shape index (κ3) is 2.74. The predicted molar refractivity (Wildman–Crippen MR) is 74.4 cm³/mol. The second-order valence-electron chi connectivity index (χ2n) is 6.62. The molecule has 0 bridgehead atoms. The van der Waals surface area contributed by atoms with Crippen LogP contribution in [0.25, 0.3) is 0 Å². The van der Waals surface area contributed by atoms with Crippen molar-refractivity contribution in [2.75, 3.05) is 0 Å². The molecule has 2 heteroatoms. The average molecular weight is 252 g/mol. The van der Waals surface area contributed by atoms with Gasteiger partial charge < -0.3 is 5.11 Å². The summed E-state index contributed by atoms with van der Waals surface area (Å²) in [5, 5.41) is 12.9. The van der Waals surface area contributed by atoms with Gasteiger partial charge in [0.05, 0.1) is 5.60 Å². The Labute approximate surface area is 109 Å². The summed E-state index contributed by atoms with van der Waals surface area (Å²) in [4.78, 5) is 1.30. The molecule has 0 aliphatic heterocycles. The number of aliphatic hydroxyl groups is 1. The zero-order valence-corrected chi connectivity index (χ0v) is 12.2. The molecule has 1 aliphatic rings. The largest absolute Gasteiger partial charge is 0.385 e. The summed E-state index contributed by atoms with van der Waals surface area (Å²) in [5.41, 5.74) is 0.977. The molecule has 1 heterocycles. The van der Waals surface area contributed by atoms with Gasteiger partial charge in [-0.3, -0.25) is 0 Å². The molecule has 0 amide bonds. The average Bonchev–Trinajstić information content (AvgIpc) is 2.65. The number of rotatable bonds is 1. The van der Waals surface area contributed by atoms with Crippen molar-refractivity contribution in [1.29, 1.82) is 0 Å². The Bertz CT molecular complexity index is 378. The highest BCUT2D eigenvalue weighted by molar-refractivity contribution is 7.10. The molecule has 0 atom stereocenters. The Kier molecular flexibility index (Phi) is 3.39. The van der Waals surface area contributed by atoms with Crippen LogP contribution in [0, 0.1) is 18.3 Å². The van der Waals surface area contributed by atoms with Gasteiger partial charge in [0, 0.05) is 4.88 Å². The van der Waals surface area contributed by atoms with Crippen LogP contribution in [0.5, 0.6) is 0 Å². The summed E-state index contributed by atoms with van der Waals surface area (Å²) in [7, 11) is 0. The van der Waals surface area contributed by atoms with E-state index in [0.29, 0.717) is 5.41 Å². The number of thiophene rings is 1. The maximum Gasteiger partial charge on any atom is 0.0904 e. The molecule has 0 unspecified atom stereocenters. The second kappa shape index (κ2) is 4.40. The van der Waals surface area contributed by atoms with Crippen LogP contribution in [0.15, 0.2) is 11.4 Å². The fraction of sp³-hybridized carbons (Fsp3) is 0.733. The topological polar surface area (TPSA) is 20.2 Å². The van der Waals surface area contributed by atoms with Gasteiger partial charge in [0.15, 0.2) is 0 Å². The minimum absolute atomic E-state index is 0.381. The lowest BCUT2D eigenvalue weighted by atomic mass is 9.67. The molecular formula is C15H24OS. The summed E-state index contributed by atoms with van der Waals surface area (Å²) in [5.74, 6) is 0.752. The van der Waals surface area contributed by atoms with Crippen molar-refractivity contribution in [3.63, 3.8) is 0 Å². The van der Waals surface area contributed by atoms with Crippen molar-refractivity contribution >= 4 is 11.3 Å². The van der Waals surface area contributed by atoms with Gasteiger partial charge in [0.25, 0.3) is 0 Å². The molecule has 17 heavy (non-hydrogen) atoms. The first-order valence-electron chi connectivity index (χ1n) is 6.59.